The number of nitrogens with zero attached hydrogens (tertiary/aromatic N) is 1. The molecule has 3 rings (SSSR count). The van der Waals surface area contributed by atoms with Gasteiger partial charge in [-0.3, -0.25) is 0 Å². The summed E-state index contributed by atoms with van der Waals surface area (Å²) in [6.07, 6.45) is 1.75. The van der Waals surface area contributed by atoms with Gasteiger partial charge < -0.3 is 14.5 Å². The first kappa shape index (κ1) is 13.2. The molecule has 2 heterocycles. The summed E-state index contributed by atoms with van der Waals surface area (Å²) in [4.78, 5) is 7.66. The number of aromatic nitrogens is 2. The number of ether oxygens (including phenoxy) is 2. The van der Waals surface area contributed by atoms with Gasteiger partial charge in [0, 0.05) is 20.7 Å². The predicted molar refractivity (Wildman–Crippen MR) is 87.4 cm³/mol. The van der Waals surface area contributed by atoms with Crippen LogP contribution in [0.15, 0.2) is 36.5 Å². The van der Waals surface area contributed by atoms with Crippen molar-refractivity contribution < 1.29 is 9.47 Å². The lowest BCUT2D eigenvalue weighted by Crippen LogP contribution is -1.93. The SMILES string of the molecule is COc1ccc2[nH]c(-c3c(I)ccnc3OC)cc2c1. The van der Waals surface area contributed by atoms with E-state index in [0.717, 1.165) is 31.5 Å². The smallest absolute Gasteiger partial charge is 0.223 e. The average molecular weight is 380 g/mol. The van der Waals surface area contributed by atoms with Gasteiger partial charge in [0.05, 0.1) is 25.5 Å². The highest BCUT2D eigenvalue weighted by atomic mass is 127. The number of hydrogen-bond acceptors (Lipinski definition) is 3. The zero-order valence-corrected chi connectivity index (χ0v) is 13.3. The third-order valence-electron chi connectivity index (χ3n) is 3.16. The van der Waals surface area contributed by atoms with Crippen LogP contribution in [-0.4, -0.2) is 24.2 Å². The van der Waals surface area contributed by atoms with Crippen LogP contribution in [-0.2, 0) is 0 Å². The molecule has 0 aliphatic rings. The molecule has 0 saturated carbocycles. The van der Waals surface area contributed by atoms with E-state index in [4.69, 9.17) is 9.47 Å². The predicted octanol–water partition coefficient (Wildman–Crippen LogP) is 3.85. The fraction of sp³-hybridized carbons (Fsp3) is 0.133. The second kappa shape index (κ2) is 5.32. The Kier molecular flexibility index (Phi) is 3.52. The summed E-state index contributed by atoms with van der Waals surface area (Å²) in [5.74, 6) is 1.46. The summed E-state index contributed by atoms with van der Waals surface area (Å²) in [6, 6.07) is 10.00. The second-order valence-electron chi connectivity index (χ2n) is 4.31. The van der Waals surface area contributed by atoms with Gasteiger partial charge in [0.25, 0.3) is 0 Å². The number of pyridine rings is 1. The first-order valence-corrected chi connectivity index (χ1v) is 7.16. The quantitative estimate of drug-likeness (QED) is 0.703. The van der Waals surface area contributed by atoms with Gasteiger partial charge in [-0.1, -0.05) is 0 Å². The van der Waals surface area contributed by atoms with Crippen LogP contribution in [0.25, 0.3) is 22.2 Å². The Bertz CT molecular complexity index is 768. The molecule has 5 heteroatoms. The van der Waals surface area contributed by atoms with Crippen molar-refractivity contribution in [3.63, 3.8) is 0 Å². The molecule has 0 bridgehead atoms. The fourth-order valence-electron chi connectivity index (χ4n) is 2.19. The molecule has 0 unspecified atom stereocenters. The Morgan fingerprint density at radius 1 is 1.10 bits per heavy atom. The van der Waals surface area contributed by atoms with Crippen LogP contribution in [0.5, 0.6) is 11.6 Å². The fourth-order valence-corrected chi connectivity index (χ4v) is 2.87. The Balaban J connectivity index is 2.20. The van der Waals surface area contributed by atoms with Gasteiger partial charge in [-0.2, -0.15) is 0 Å². The maximum absolute atomic E-state index is 5.36. The minimum atomic E-state index is 0.621. The van der Waals surface area contributed by atoms with Crippen molar-refractivity contribution in [2.45, 2.75) is 0 Å². The van der Waals surface area contributed by atoms with Gasteiger partial charge in [0.1, 0.15) is 5.75 Å². The molecule has 4 nitrogen and oxygen atoms in total. The highest BCUT2D eigenvalue weighted by molar-refractivity contribution is 14.1. The Hall–Kier alpha value is -1.76. The number of H-pyrrole nitrogens is 1. The lowest BCUT2D eigenvalue weighted by Gasteiger charge is -2.07. The molecule has 0 atom stereocenters. The van der Waals surface area contributed by atoms with E-state index in [2.05, 4.69) is 38.6 Å². The van der Waals surface area contributed by atoms with Crippen molar-refractivity contribution >= 4 is 33.5 Å². The van der Waals surface area contributed by atoms with E-state index in [9.17, 15) is 0 Å². The van der Waals surface area contributed by atoms with E-state index < -0.39 is 0 Å². The van der Waals surface area contributed by atoms with Crippen LogP contribution in [0.1, 0.15) is 0 Å². The number of halogens is 1. The van der Waals surface area contributed by atoms with Gasteiger partial charge in [-0.05, 0) is 52.9 Å². The van der Waals surface area contributed by atoms with E-state index in [1.807, 2.05) is 24.3 Å². The van der Waals surface area contributed by atoms with E-state index >= 15 is 0 Å². The molecular formula is C15H13IN2O2. The number of hydrogen-bond donors (Lipinski definition) is 1. The summed E-state index contributed by atoms with van der Waals surface area (Å²) < 4.78 is 11.7. The number of rotatable bonds is 3. The highest BCUT2D eigenvalue weighted by Crippen LogP contribution is 2.34. The van der Waals surface area contributed by atoms with Crippen LogP contribution < -0.4 is 9.47 Å². The third kappa shape index (κ3) is 2.22. The number of fused-ring (bicyclic) bond motifs is 1. The number of aromatic amines is 1. The monoisotopic (exact) mass is 380 g/mol. The van der Waals surface area contributed by atoms with Crippen LogP contribution in [0.2, 0.25) is 0 Å². The maximum Gasteiger partial charge on any atom is 0.223 e. The molecule has 1 aromatic carbocycles. The Morgan fingerprint density at radius 3 is 2.70 bits per heavy atom. The summed E-state index contributed by atoms with van der Waals surface area (Å²) in [6.45, 7) is 0. The van der Waals surface area contributed by atoms with Gasteiger partial charge in [-0.25, -0.2) is 4.98 Å². The molecule has 0 amide bonds. The largest absolute Gasteiger partial charge is 0.497 e. The van der Waals surface area contributed by atoms with Crippen molar-refractivity contribution in [1.29, 1.82) is 0 Å². The molecule has 20 heavy (non-hydrogen) atoms. The molecule has 0 fully saturated rings. The van der Waals surface area contributed by atoms with Crippen LogP contribution in [0.4, 0.5) is 0 Å². The molecule has 3 aromatic rings. The zero-order valence-electron chi connectivity index (χ0n) is 11.1. The summed E-state index contributed by atoms with van der Waals surface area (Å²) in [5, 5.41) is 1.10. The molecular weight excluding hydrogens is 367 g/mol. The average Bonchev–Trinajstić information content (AvgIpc) is 2.88. The van der Waals surface area contributed by atoms with Crippen LogP contribution in [0.3, 0.4) is 0 Å². The molecule has 0 spiro atoms. The maximum atomic E-state index is 5.36. The third-order valence-corrected chi connectivity index (χ3v) is 4.05. The number of benzene rings is 1. The summed E-state index contributed by atoms with van der Waals surface area (Å²) in [5.41, 5.74) is 3.02. The van der Waals surface area contributed by atoms with Crippen molar-refractivity contribution in [2.24, 2.45) is 0 Å². The Labute approximate surface area is 130 Å². The van der Waals surface area contributed by atoms with E-state index in [-0.39, 0.29) is 0 Å². The van der Waals surface area contributed by atoms with Crippen LogP contribution >= 0.6 is 22.6 Å². The van der Waals surface area contributed by atoms with Gasteiger partial charge in [-0.15, -0.1) is 0 Å². The van der Waals surface area contributed by atoms with Crippen molar-refractivity contribution in [1.82, 2.24) is 9.97 Å². The topological polar surface area (TPSA) is 47.1 Å². The number of methoxy groups -OCH3 is 2. The van der Waals surface area contributed by atoms with E-state index in [1.54, 1.807) is 20.4 Å². The molecule has 0 saturated heterocycles. The molecule has 0 aliphatic carbocycles. The summed E-state index contributed by atoms with van der Waals surface area (Å²) >= 11 is 2.29. The van der Waals surface area contributed by atoms with Gasteiger partial charge >= 0.3 is 0 Å². The minimum Gasteiger partial charge on any atom is -0.497 e. The molecule has 2 aromatic heterocycles. The Morgan fingerprint density at radius 2 is 1.95 bits per heavy atom. The minimum absolute atomic E-state index is 0.621. The molecule has 1 N–H and O–H groups in total. The normalized spacial score (nSPS) is 10.8. The van der Waals surface area contributed by atoms with E-state index in [1.165, 1.54) is 0 Å². The number of nitrogens with one attached hydrogen (secondary N) is 1. The summed E-state index contributed by atoms with van der Waals surface area (Å²) in [7, 11) is 3.30. The van der Waals surface area contributed by atoms with Crippen molar-refractivity contribution in [3.05, 3.63) is 40.1 Å². The van der Waals surface area contributed by atoms with Crippen molar-refractivity contribution in [3.8, 4) is 22.9 Å². The van der Waals surface area contributed by atoms with Crippen LogP contribution in [0, 0.1) is 3.57 Å². The molecule has 0 aliphatic heterocycles. The second-order valence-corrected chi connectivity index (χ2v) is 5.48. The van der Waals surface area contributed by atoms with E-state index in [0.29, 0.717) is 5.88 Å². The zero-order chi connectivity index (χ0) is 14.1. The standard InChI is InChI=1S/C15H13IN2O2/c1-19-10-3-4-12-9(7-10)8-13(18-12)14-11(16)5-6-17-15(14)20-2/h3-8,18H,1-2H3. The first-order valence-electron chi connectivity index (χ1n) is 6.08. The first-order chi connectivity index (χ1) is 9.72. The van der Waals surface area contributed by atoms with Gasteiger partial charge in [0.2, 0.25) is 5.88 Å². The molecule has 0 radical (unpaired) electrons. The lowest BCUT2D eigenvalue weighted by molar-refractivity contribution is 0.399. The highest BCUT2D eigenvalue weighted by Gasteiger charge is 2.13. The molecule has 102 valence electrons. The lowest BCUT2D eigenvalue weighted by atomic mass is 10.2. The van der Waals surface area contributed by atoms with Crippen molar-refractivity contribution in [2.75, 3.05) is 14.2 Å². The van der Waals surface area contributed by atoms with Gasteiger partial charge in [0.15, 0.2) is 0 Å².